The second-order valence-corrected chi connectivity index (χ2v) is 11.9. The van der Waals surface area contributed by atoms with Gasteiger partial charge in [0.05, 0.1) is 23.0 Å². The smallest absolute Gasteiger partial charge is 0.243 e. The lowest BCUT2D eigenvalue weighted by Gasteiger charge is -2.26. The van der Waals surface area contributed by atoms with Crippen LogP contribution < -0.4 is 10.6 Å². The molecule has 0 aliphatic carbocycles. The van der Waals surface area contributed by atoms with Crippen molar-refractivity contribution in [2.45, 2.75) is 16.7 Å². The zero-order valence-electron chi connectivity index (χ0n) is 18.0. The highest BCUT2D eigenvalue weighted by Crippen LogP contribution is 2.23. The van der Waals surface area contributed by atoms with Gasteiger partial charge < -0.3 is 15.4 Å². The Hall–Kier alpha value is -2.09. The fraction of sp³-hybridized carbons (Fsp3) is 0.350. The summed E-state index contributed by atoms with van der Waals surface area (Å²) in [5.74, 6) is 0. The Morgan fingerprint density at radius 2 is 1.53 bits per heavy atom. The number of hydrogen-bond donors (Lipinski definition) is 2. The highest BCUT2D eigenvalue weighted by molar-refractivity contribution is 7.89. The number of nitrogens with zero attached hydrogens (tertiary/aromatic N) is 2. The fourth-order valence-electron chi connectivity index (χ4n) is 3.09. The van der Waals surface area contributed by atoms with Crippen molar-refractivity contribution in [3.63, 3.8) is 0 Å². The van der Waals surface area contributed by atoms with Gasteiger partial charge >= 0.3 is 0 Å². The van der Waals surface area contributed by atoms with Gasteiger partial charge in [-0.05, 0) is 61.1 Å². The molecule has 0 saturated carbocycles. The fourth-order valence-corrected chi connectivity index (χ4v) is 5.88. The van der Waals surface area contributed by atoms with E-state index in [9.17, 15) is 16.8 Å². The molecule has 1 aliphatic heterocycles. The normalized spacial score (nSPS) is 15.5. The maximum Gasteiger partial charge on any atom is 0.243 e. The minimum Gasteiger partial charge on any atom is -0.379 e. The average Bonchev–Trinajstić information content (AvgIpc) is 2.76. The van der Waals surface area contributed by atoms with Gasteiger partial charge in [-0.2, -0.15) is 4.31 Å². The molecule has 3 rings (SSSR count). The molecule has 1 heterocycles. The average molecular weight is 499 g/mol. The molecule has 32 heavy (non-hydrogen) atoms. The summed E-state index contributed by atoms with van der Waals surface area (Å²) < 4.78 is 58.2. The minimum absolute atomic E-state index is 0.188. The largest absolute Gasteiger partial charge is 0.379 e. The van der Waals surface area contributed by atoms with Crippen LogP contribution in [0.1, 0.15) is 5.56 Å². The van der Waals surface area contributed by atoms with Crippen LogP contribution in [0.15, 0.2) is 52.3 Å². The molecule has 1 fully saturated rings. The van der Waals surface area contributed by atoms with Crippen molar-refractivity contribution in [2.24, 2.45) is 0 Å². The molecule has 2 N–H and O–H groups in total. The minimum atomic E-state index is -3.59. The van der Waals surface area contributed by atoms with Crippen molar-refractivity contribution < 1.29 is 21.6 Å². The molecule has 174 valence electrons. The molecule has 0 radical (unpaired) electrons. The summed E-state index contributed by atoms with van der Waals surface area (Å²) in [4.78, 5) is 0.383. The number of nitrogens with one attached hydrogen (secondary N) is 2. The van der Waals surface area contributed by atoms with Gasteiger partial charge in [0.15, 0.2) is 5.11 Å². The number of benzene rings is 2. The molecule has 0 atom stereocenters. The maximum absolute atomic E-state index is 12.7. The second kappa shape index (κ2) is 9.81. The number of aryl methyl sites for hydroxylation is 1. The molecule has 12 heteroatoms. The first kappa shape index (κ1) is 24.6. The van der Waals surface area contributed by atoms with Crippen molar-refractivity contribution in [1.29, 1.82) is 0 Å². The summed E-state index contributed by atoms with van der Waals surface area (Å²) in [6.07, 6.45) is 0. The Morgan fingerprint density at radius 3 is 2.12 bits per heavy atom. The quantitative estimate of drug-likeness (QED) is 0.583. The topological polar surface area (TPSA) is 108 Å². The molecule has 0 spiro atoms. The Morgan fingerprint density at radius 1 is 0.969 bits per heavy atom. The first-order valence-electron chi connectivity index (χ1n) is 9.81. The van der Waals surface area contributed by atoms with E-state index in [-0.39, 0.29) is 14.9 Å². The molecule has 2 aromatic rings. The van der Waals surface area contributed by atoms with Gasteiger partial charge in [0, 0.05) is 38.6 Å². The number of ether oxygens (including phenoxy) is 1. The van der Waals surface area contributed by atoms with Gasteiger partial charge in [-0.1, -0.05) is 6.07 Å². The predicted molar refractivity (Wildman–Crippen MR) is 128 cm³/mol. The molecule has 0 amide bonds. The summed E-state index contributed by atoms with van der Waals surface area (Å²) in [6, 6.07) is 11.2. The van der Waals surface area contributed by atoms with Crippen LogP contribution in [-0.2, 0) is 24.8 Å². The SMILES string of the molecule is Cc1ccc(NC(=S)Nc2ccc(S(=O)(=O)N3CCOCC3)cc2)cc1S(=O)(=O)N(C)C. The second-order valence-electron chi connectivity index (χ2n) is 7.39. The number of hydrogen-bond acceptors (Lipinski definition) is 6. The van der Waals surface area contributed by atoms with Gasteiger partial charge in [0.1, 0.15) is 0 Å². The van der Waals surface area contributed by atoms with Crippen LogP contribution in [0.25, 0.3) is 0 Å². The molecule has 1 saturated heterocycles. The number of thiocarbonyl (C=S) groups is 1. The molecule has 0 aromatic heterocycles. The predicted octanol–water partition coefficient (Wildman–Crippen LogP) is 2.08. The number of sulfonamides is 2. The van der Waals surface area contributed by atoms with Crippen LogP contribution >= 0.6 is 12.2 Å². The highest BCUT2D eigenvalue weighted by Gasteiger charge is 2.26. The molecular formula is C20H26N4O5S3. The van der Waals surface area contributed by atoms with E-state index in [1.807, 2.05) is 0 Å². The third kappa shape index (κ3) is 5.45. The van der Waals surface area contributed by atoms with E-state index < -0.39 is 20.0 Å². The number of rotatable bonds is 6. The zero-order valence-corrected chi connectivity index (χ0v) is 20.5. The van der Waals surface area contributed by atoms with E-state index in [1.165, 1.54) is 36.6 Å². The Labute approximate surface area is 194 Å². The van der Waals surface area contributed by atoms with E-state index >= 15 is 0 Å². The lowest BCUT2D eigenvalue weighted by molar-refractivity contribution is 0.0730. The standard InChI is InChI=1S/C20H26N4O5S3/c1-15-4-5-17(14-19(15)32(27,28)23(2)3)22-20(30)21-16-6-8-18(9-7-16)31(25,26)24-10-12-29-13-11-24/h4-9,14H,10-13H2,1-3H3,(H2,21,22,30). The number of morpholine rings is 1. The van der Waals surface area contributed by atoms with Gasteiger partial charge in [0.2, 0.25) is 20.0 Å². The van der Waals surface area contributed by atoms with Crippen LogP contribution in [-0.4, -0.2) is 71.0 Å². The first-order valence-corrected chi connectivity index (χ1v) is 13.1. The van der Waals surface area contributed by atoms with Crippen LogP contribution in [0.5, 0.6) is 0 Å². The van der Waals surface area contributed by atoms with Gasteiger partial charge in [-0.15, -0.1) is 0 Å². The molecule has 9 nitrogen and oxygen atoms in total. The van der Waals surface area contributed by atoms with E-state index in [0.717, 1.165) is 4.31 Å². The van der Waals surface area contributed by atoms with Crippen LogP contribution in [0.2, 0.25) is 0 Å². The summed E-state index contributed by atoms with van der Waals surface area (Å²) in [5.41, 5.74) is 1.73. The monoisotopic (exact) mass is 498 g/mol. The third-order valence-corrected chi connectivity index (χ3v) is 9.00. The molecule has 1 aliphatic rings. The number of anilines is 2. The summed E-state index contributed by atoms with van der Waals surface area (Å²) in [7, 11) is -4.21. The van der Waals surface area contributed by atoms with Gasteiger partial charge in [-0.3, -0.25) is 0 Å². The Bertz CT molecular complexity index is 1190. The van der Waals surface area contributed by atoms with Crippen LogP contribution in [0.3, 0.4) is 0 Å². The molecule has 0 unspecified atom stereocenters. The highest BCUT2D eigenvalue weighted by atomic mass is 32.2. The Balaban J connectivity index is 1.69. The lowest BCUT2D eigenvalue weighted by atomic mass is 10.2. The summed E-state index contributed by atoms with van der Waals surface area (Å²) in [5, 5.41) is 6.18. The lowest BCUT2D eigenvalue weighted by Crippen LogP contribution is -2.40. The molecule has 2 aromatic carbocycles. The molecule has 0 bridgehead atoms. The summed E-state index contributed by atoms with van der Waals surface area (Å²) in [6.45, 7) is 3.16. The Kier molecular flexibility index (Phi) is 7.53. The van der Waals surface area contributed by atoms with Gasteiger partial charge in [-0.25, -0.2) is 21.1 Å². The van der Waals surface area contributed by atoms with Crippen molar-refractivity contribution in [3.8, 4) is 0 Å². The first-order chi connectivity index (χ1) is 15.0. The zero-order chi connectivity index (χ0) is 23.5. The third-order valence-electron chi connectivity index (χ3n) is 4.92. The molecular weight excluding hydrogens is 472 g/mol. The van der Waals surface area contributed by atoms with Crippen LogP contribution in [0, 0.1) is 6.92 Å². The van der Waals surface area contributed by atoms with E-state index in [4.69, 9.17) is 17.0 Å². The van der Waals surface area contributed by atoms with Crippen molar-refractivity contribution in [1.82, 2.24) is 8.61 Å². The van der Waals surface area contributed by atoms with E-state index in [1.54, 1.807) is 31.2 Å². The summed E-state index contributed by atoms with van der Waals surface area (Å²) >= 11 is 5.33. The van der Waals surface area contributed by atoms with Crippen molar-refractivity contribution in [2.75, 3.05) is 51.0 Å². The van der Waals surface area contributed by atoms with Crippen molar-refractivity contribution in [3.05, 3.63) is 48.0 Å². The van der Waals surface area contributed by atoms with Gasteiger partial charge in [0.25, 0.3) is 0 Å². The van der Waals surface area contributed by atoms with E-state index in [0.29, 0.717) is 43.2 Å². The van der Waals surface area contributed by atoms with Crippen LogP contribution in [0.4, 0.5) is 11.4 Å². The van der Waals surface area contributed by atoms with E-state index in [2.05, 4.69) is 10.6 Å². The maximum atomic E-state index is 12.7. The van der Waals surface area contributed by atoms with Crippen molar-refractivity contribution >= 4 is 48.8 Å².